The summed E-state index contributed by atoms with van der Waals surface area (Å²) in [4.78, 5) is 16.1. The van der Waals surface area contributed by atoms with Crippen LogP contribution in [0.5, 0.6) is 0 Å². The average molecular weight is 236 g/mol. The van der Waals surface area contributed by atoms with Crippen LogP contribution in [0.4, 0.5) is 5.69 Å². The number of nitrogens with one attached hydrogen (secondary N) is 1. The Bertz CT molecular complexity index is 463. The molecule has 2 aromatic rings. The van der Waals surface area contributed by atoms with Crippen molar-refractivity contribution >= 4 is 22.9 Å². The number of nitrogens with zero attached hydrogens (tertiary/aromatic N) is 2. The molecule has 0 aliphatic rings. The van der Waals surface area contributed by atoms with E-state index in [1.165, 1.54) is 11.3 Å². The molecule has 16 heavy (non-hydrogen) atoms. The molecule has 0 unspecified atom stereocenters. The summed E-state index contributed by atoms with van der Waals surface area (Å²) in [5.41, 5.74) is 6.17. The van der Waals surface area contributed by atoms with Crippen LogP contribution in [-0.2, 0) is 6.54 Å². The van der Waals surface area contributed by atoms with Gasteiger partial charge in [-0.15, -0.1) is 11.3 Å². The SMILES string of the molecule is Nc1ccsc1C(=O)NCCn1ccnc1. The molecule has 0 radical (unpaired) electrons. The number of carbonyl (C=O) groups excluding carboxylic acids is 1. The van der Waals surface area contributed by atoms with E-state index in [-0.39, 0.29) is 5.91 Å². The molecule has 6 heteroatoms. The molecule has 0 aromatic carbocycles. The van der Waals surface area contributed by atoms with Crippen LogP contribution in [0.1, 0.15) is 9.67 Å². The van der Waals surface area contributed by atoms with Gasteiger partial charge in [-0.05, 0) is 11.4 Å². The minimum atomic E-state index is -0.118. The van der Waals surface area contributed by atoms with Crippen molar-refractivity contribution in [2.45, 2.75) is 6.54 Å². The zero-order valence-corrected chi connectivity index (χ0v) is 9.41. The van der Waals surface area contributed by atoms with Crippen molar-refractivity contribution in [3.63, 3.8) is 0 Å². The summed E-state index contributed by atoms with van der Waals surface area (Å²) in [6.07, 6.45) is 5.27. The highest BCUT2D eigenvalue weighted by Crippen LogP contribution is 2.17. The highest BCUT2D eigenvalue weighted by molar-refractivity contribution is 7.12. The number of nitrogen functional groups attached to an aromatic ring is 1. The first kappa shape index (κ1) is 10.7. The van der Waals surface area contributed by atoms with Crippen LogP contribution in [0.15, 0.2) is 30.2 Å². The largest absolute Gasteiger partial charge is 0.397 e. The third-order valence-electron chi connectivity index (χ3n) is 2.12. The second kappa shape index (κ2) is 4.80. The lowest BCUT2D eigenvalue weighted by molar-refractivity contribution is 0.0957. The van der Waals surface area contributed by atoms with Gasteiger partial charge in [0.1, 0.15) is 4.88 Å². The van der Waals surface area contributed by atoms with Crippen molar-refractivity contribution in [3.05, 3.63) is 35.0 Å². The van der Waals surface area contributed by atoms with E-state index in [0.29, 0.717) is 23.7 Å². The van der Waals surface area contributed by atoms with E-state index in [0.717, 1.165) is 0 Å². The molecule has 0 atom stereocenters. The first-order valence-corrected chi connectivity index (χ1v) is 5.72. The minimum Gasteiger partial charge on any atom is -0.397 e. The number of amides is 1. The molecule has 0 fully saturated rings. The van der Waals surface area contributed by atoms with Gasteiger partial charge in [-0.25, -0.2) is 4.98 Å². The summed E-state index contributed by atoms with van der Waals surface area (Å²) in [5.74, 6) is -0.118. The smallest absolute Gasteiger partial charge is 0.263 e. The second-order valence-corrected chi connectivity index (χ2v) is 4.18. The Hall–Kier alpha value is -1.82. The van der Waals surface area contributed by atoms with Crippen molar-refractivity contribution in [2.75, 3.05) is 12.3 Å². The molecule has 3 N–H and O–H groups in total. The highest BCUT2D eigenvalue weighted by Gasteiger charge is 2.09. The second-order valence-electron chi connectivity index (χ2n) is 3.26. The molecular weight excluding hydrogens is 224 g/mol. The van der Waals surface area contributed by atoms with Crippen LogP contribution >= 0.6 is 11.3 Å². The molecule has 2 rings (SSSR count). The number of anilines is 1. The lowest BCUT2D eigenvalue weighted by Gasteiger charge is -2.04. The van der Waals surface area contributed by atoms with Gasteiger partial charge in [0.2, 0.25) is 0 Å². The van der Waals surface area contributed by atoms with Gasteiger partial charge in [-0.3, -0.25) is 4.79 Å². The number of carbonyl (C=O) groups is 1. The maximum absolute atomic E-state index is 11.6. The molecule has 1 amide bonds. The van der Waals surface area contributed by atoms with Gasteiger partial charge in [0.05, 0.1) is 12.0 Å². The Morgan fingerprint density at radius 1 is 1.62 bits per heavy atom. The summed E-state index contributed by atoms with van der Waals surface area (Å²) in [5, 5.41) is 4.61. The summed E-state index contributed by atoms with van der Waals surface area (Å²) in [6.45, 7) is 1.27. The summed E-state index contributed by atoms with van der Waals surface area (Å²) < 4.78 is 1.90. The van der Waals surface area contributed by atoms with Gasteiger partial charge in [0, 0.05) is 25.5 Å². The van der Waals surface area contributed by atoms with Crippen LogP contribution in [0.25, 0.3) is 0 Å². The molecule has 84 valence electrons. The quantitative estimate of drug-likeness (QED) is 0.830. The van der Waals surface area contributed by atoms with Gasteiger partial charge in [-0.1, -0.05) is 0 Å². The number of hydrogen-bond acceptors (Lipinski definition) is 4. The van der Waals surface area contributed by atoms with Crippen molar-refractivity contribution in [2.24, 2.45) is 0 Å². The molecule has 2 heterocycles. The molecular formula is C10H12N4OS. The third-order valence-corrected chi connectivity index (χ3v) is 3.05. The Balaban J connectivity index is 1.83. The molecule has 2 aromatic heterocycles. The molecule has 0 saturated carbocycles. The Kier molecular flexibility index (Phi) is 3.21. The van der Waals surface area contributed by atoms with E-state index in [1.54, 1.807) is 24.0 Å². The standard InChI is InChI=1S/C10H12N4OS/c11-8-1-6-16-9(8)10(15)13-3-5-14-4-2-12-7-14/h1-2,4,6-7H,3,5,11H2,(H,13,15). The summed E-state index contributed by atoms with van der Waals surface area (Å²) in [7, 11) is 0. The molecule has 0 spiro atoms. The van der Waals surface area contributed by atoms with E-state index in [1.807, 2.05) is 10.8 Å². The van der Waals surface area contributed by atoms with E-state index < -0.39 is 0 Å². The van der Waals surface area contributed by atoms with Crippen LogP contribution in [-0.4, -0.2) is 22.0 Å². The fourth-order valence-electron chi connectivity index (χ4n) is 1.30. The lowest BCUT2D eigenvalue weighted by atomic mass is 10.4. The molecule has 0 bridgehead atoms. The normalized spacial score (nSPS) is 10.2. The number of nitrogens with two attached hydrogens (primary N) is 1. The topological polar surface area (TPSA) is 72.9 Å². The number of hydrogen-bond donors (Lipinski definition) is 2. The third kappa shape index (κ3) is 2.40. The summed E-state index contributed by atoms with van der Waals surface area (Å²) >= 11 is 1.35. The molecule has 0 aliphatic carbocycles. The van der Waals surface area contributed by atoms with Gasteiger partial charge < -0.3 is 15.6 Å². The van der Waals surface area contributed by atoms with Crippen LogP contribution in [0.3, 0.4) is 0 Å². The molecule has 0 aliphatic heterocycles. The predicted molar refractivity (Wildman–Crippen MR) is 63.3 cm³/mol. The minimum absolute atomic E-state index is 0.118. The zero-order chi connectivity index (χ0) is 11.4. The van der Waals surface area contributed by atoms with Crippen LogP contribution < -0.4 is 11.1 Å². The first-order chi connectivity index (χ1) is 7.77. The van der Waals surface area contributed by atoms with Crippen molar-refractivity contribution in [1.29, 1.82) is 0 Å². The molecule has 5 nitrogen and oxygen atoms in total. The van der Waals surface area contributed by atoms with Crippen LogP contribution in [0, 0.1) is 0 Å². The van der Waals surface area contributed by atoms with Gasteiger partial charge in [0.15, 0.2) is 0 Å². The summed E-state index contributed by atoms with van der Waals surface area (Å²) in [6, 6.07) is 1.73. The Morgan fingerprint density at radius 2 is 2.50 bits per heavy atom. The fourth-order valence-corrected chi connectivity index (χ4v) is 2.04. The first-order valence-electron chi connectivity index (χ1n) is 4.84. The Labute approximate surface area is 96.9 Å². The van der Waals surface area contributed by atoms with E-state index >= 15 is 0 Å². The van der Waals surface area contributed by atoms with Crippen molar-refractivity contribution in [3.8, 4) is 0 Å². The van der Waals surface area contributed by atoms with Crippen molar-refractivity contribution < 1.29 is 4.79 Å². The average Bonchev–Trinajstić information content (AvgIpc) is 2.88. The fraction of sp³-hybridized carbons (Fsp3) is 0.200. The maximum atomic E-state index is 11.6. The Morgan fingerprint density at radius 3 is 3.12 bits per heavy atom. The number of imidazole rings is 1. The zero-order valence-electron chi connectivity index (χ0n) is 8.59. The van der Waals surface area contributed by atoms with Crippen molar-refractivity contribution in [1.82, 2.24) is 14.9 Å². The number of thiophene rings is 1. The van der Waals surface area contributed by atoms with E-state index in [9.17, 15) is 4.79 Å². The van der Waals surface area contributed by atoms with E-state index in [2.05, 4.69) is 10.3 Å². The number of aromatic nitrogens is 2. The molecule has 0 saturated heterocycles. The van der Waals surface area contributed by atoms with Gasteiger partial charge in [-0.2, -0.15) is 0 Å². The van der Waals surface area contributed by atoms with Crippen LogP contribution in [0.2, 0.25) is 0 Å². The van der Waals surface area contributed by atoms with Gasteiger partial charge >= 0.3 is 0 Å². The highest BCUT2D eigenvalue weighted by atomic mass is 32.1. The van der Waals surface area contributed by atoms with E-state index in [4.69, 9.17) is 5.73 Å². The van der Waals surface area contributed by atoms with Gasteiger partial charge in [0.25, 0.3) is 5.91 Å². The predicted octanol–water partition coefficient (Wildman–Crippen LogP) is 0.957. The maximum Gasteiger partial charge on any atom is 0.263 e. The lowest BCUT2D eigenvalue weighted by Crippen LogP contribution is -2.26. The number of rotatable bonds is 4. The monoisotopic (exact) mass is 236 g/mol.